The van der Waals surface area contributed by atoms with Crippen molar-refractivity contribution in [1.29, 1.82) is 0 Å². The molecule has 2 nitrogen and oxygen atoms in total. The van der Waals surface area contributed by atoms with Crippen molar-refractivity contribution < 1.29 is 13.5 Å². The lowest BCUT2D eigenvalue weighted by Gasteiger charge is -2.43. The number of ether oxygens (including phenoxy) is 1. The zero-order valence-corrected chi connectivity index (χ0v) is 8.84. The molecule has 0 aromatic heterocycles. The molecule has 1 N–H and O–H groups in total. The third-order valence-electron chi connectivity index (χ3n) is 2.89. The van der Waals surface area contributed by atoms with E-state index in [1.807, 2.05) is 0 Å². The van der Waals surface area contributed by atoms with Crippen LogP contribution in [0, 0.1) is 0 Å². The van der Waals surface area contributed by atoms with Gasteiger partial charge in [-0.2, -0.15) is 0 Å². The number of halogens is 3. The van der Waals surface area contributed by atoms with Crippen molar-refractivity contribution >= 4 is 12.4 Å². The molecule has 2 fully saturated rings. The maximum Gasteiger partial charge on any atom is 0.253 e. The molecular formula is C9H16ClF2NO. The lowest BCUT2D eigenvalue weighted by Crippen LogP contribution is -2.54. The van der Waals surface area contributed by atoms with E-state index in [0.717, 1.165) is 19.4 Å². The predicted molar refractivity (Wildman–Crippen MR) is 52.2 cm³/mol. The molecule has 0 bridgehead atoms. The highest BCUT2D eigenvalue weighted by Crippen LogP contribution is 2.39. The summed E-state index contributed by atoms with van der Waals surface area (Å²) in [5.41, 5.74) is -0.569. The summed E-state index contributed by atoms with van der Waals surface area (Å²) in [5, 5.41) is 3.12. The van der Waals surface area contributed by atoms with E-state index in [0.29, 0.717) is 6.54 Å². The molecule has 84 valence electrons. The van der Waals surface area contributed by atoms with E-state index in [2.05, 4.69) is 5.32 Å². The van der Waals surface area contributed by atoms with Gasteiger partial charge in [0.1, 0.15) is 0 Å². The van der Waals surface area contributed by atoms with Gasteiger partial charge in [-0.05, 0) is 19.4 Å². The Hall–Kier alpha value is 0.0700. The molecule has 1 atom stereocenters. The summed E-state index contributed by atoms with van der Waals surface area (Å²) in [6, 6.07) is 0. The van der Waals surface area contributed by atoms with Crippen molar-refractivity contribution in [2.75, 3.05) is 19.7 Å². The number of alkyl halides is 2. The molecule has 0 amide bonds. The molecule has 0 radical (unpaired) electrons. The fourth-order valence-corrected chi connectivity index (χ4v) is 2.24. The maximum atomic E-state index is 13.1. The van der Waals surface area contributed by atoms with Gasteiger partial charge in [-0.1, -0.05) is 0 Å². The van der Waals surface area contributed by atoms with E-state index in [4.69, 9.17) is 4.74 Å². The van der Waals surface area contributed by atoms with Crippen LogP contribution in [0.3, 0.4) is 0 Å². The number of piperidine rings is 1. The molecule has 2 saturated heterocycles. The molecule has 0 aromatic carbocycles. The van der Waals surface area contributed by atoms with Crippen LogP contribution in [0.25, 0.3) is 0 Å². The second-order valence-electron chi connectivity index (χ2n) is 4.09. The Morgan fingerprint density at radius 1 is 1.21 bits per heavy atom. The van der Waals surface area contributed by atoms with Gasteiger partial charge < -0.3 is 10.1 Å². The van der Waals surface area contributed by atoms with Crippen LogP contribution in [0.15, 0.2) is 0 Å². The highest BCUT2D eigenvalue weighted by atomic mass is 35.5. The van der Waals surface area contributed by atoms with Crippen molar-refractivity contribution in [2.45, 2.75) is 37.2 Å². The quantitative estimate of drug-likeness (QED) is 0.683. The minimum atomic E-state index is -2.52. The number of hydrogen-bond donors (Lipinski definition) is 1. The van der Waals surface area contributed by atoms with E-state index in [1.54, 1.807) is 0 Å². The lowest BCUT2D eigenvalue weighted by atomic mass is 9.85. The van der Waals surface area contributed by atoms with Crippen molar-refractivity contribution in [1.82, 2.24) is 5.32 Å². The molecule has 2 aliphatic heterocycles. The second-order valence-corrected chi connectivity index (χ2v) is 4.09. The molecular weight excluding hydrogens is 212 g/mol. The Kier molecular flexibility index (Phi) is 3.72. The van der Waals surface area contributed by atoms with E-state index in [1.165, 1.54) is 0 Å². The maximum absolute atomic E-state index is 13.1. The lowest BCUT2D eigenvalue weighted by molar-refractivity contribution is -0.183. The first kappa shape index (κ1) is 12.1. The van der Waals surface area contributed by atoms with Gasteiger partial charge >= 0.3 is 0 Å². The van der Waals surface area contributed by atoms with Gasteiger partial charge in [0, 0.05) is 19.4 Å². The smallest absolute Gasteiger partial charge is 0.253 e. The predicted octanol–water partition coefficient (Wildman–Crippen LogP) is 1.98. The largest absolute Gasteiger partial charge is 0.373 e. The molecule has 2 aliphatic rings. The molecule has 2 heterocycles. The van der Waals surface area contributed by atoms with Crippen molar-refractivity contribution in [3.8, 4) is 0 Å². The Balaban J connectivity index is 0.000000980. The highest BCUT2D eigenvalue weighted by Gasteiger charge is 2.47. The summed E-state index contributed by atoms with van der Waals surface area (Å²) >= 11 is 0. The van der Waals surface area contributed by atoms with Crippen molar-refractivity contribution in [2.24, 2.45) is 0 Å². The third-order valence-corrected chi connectivity index (χ3v) is 2.89. The molecule has 1 spiro atoms. The summed E-state index contributed by atoms with van der Waals surface area (Å²) in [7, 11) is 0. The standard InChI is InChI=1S/C9H15F2NO.ClH/c10-9(11)3-5-13-8(6-9)2-1-4-12-7-8;/h12H,1-7H2;1H. The van der Waals surface area contributed by atoms with Gasteiger partial charge in [0.2, 0.25) is 0 Å². The molecule has 1 unspecified atom stereocenters. The summed E-state index contributed by atoms with van der Waals surface area (Å²) in [6.07, 6.45) is 1.49. The van der Waals surface area contributed by atoms with Gasteiger partial charge in [0.25, 0.3) is 5.92 Å². The Bertz CT molecular complexity index is 190. The van der Waals surface area contributed by atoms with Crippen LogP contribution in [-0.4, -0.2) is 31.2 Å². The van der Waals surface area contributed by atoms with Gasteiger partial charge in [0.05, 0.1) is 12.2 Å². The molecule has 14 heavy (non-hydrogen) atoms. The number of nitrogens with one attached hydrogen (secondary N) is 1. The average Bonchev–Trinajstić information content (AvgIpc) is 2.03. The SMILES string of the molecule is Cl.FC1(F)CCOC2(CCCNC2)C1. The van der Waals surface area contributed by atoms with Gasteiger partial charge in [-0.3, -0.25) is 0 Å². The second kappa shape index (κ2) is 4.29. The van der Waals surface area contributed by atoms with Gasteiger partial charge in [0.15, 0.2) is 0 Å². The fraction of sp³-hybridized carbons (Fsp3) is 1.00. The van der Waals surface area contributed by atoms with Crippen LogP contribution in [0.1, 0.15) is 25.7 Å². The van der Waals surface area contributed by atoms with Crippen LogP contribution in [-0.2, 0) is 4.74 Å². The molecule has 0 aliphatic carbocycles. The van der Waals surface area contributed by atoms with Crippen LogP contribution < -0.4 is 5.32 Å². The normalized spacial score (nSPS) is 36.4. The van der Waals surface area contributed by atoms with Crippen LogP contribution in [0.5, 0.6) is 0 Å². The topological polar surface area (TPSA) is 21.3 Å². The Labute approximate surface area is 88.8 Å². The van der Waals surface area contributed by atoms with Crippen LogP contribution >= 0.6 is 12.4 Å². The van der Waals surface area contributed by atoms with E-state index in [9.17, 15) is 8.78 Å². The van der Waals surface area contributed by atoms with Crippen LogP contribution in [0.4, 0.5) is 8.78 Å². The molecule has 2 rings (SSSR count). The number of rotatable bonds is 0. The monoisotopic (exact) mass is 227 g/mol. The minimum absolute atomic E-state index is 0. The first-order chi connectivity index (χ1) is 6.12. The first-order valence-electron chi connectivity index (χ1n) is 4.85. The molecule has 0 saturated carbocycles. The van der Waals surface area contributed by atoms with Crippen molar-refractivity contribution in [3.05, 3.63) is 0 Å². The van der Waals surface area contributed by atoms with E-state index >= 15 is 0 Å². The van der Waals surface area contributed by atoms with E-state index < -0.39 is 11.5 Å². The minimum Gasteiger partial charge on any atom is -0.373 e. The van der Waals surface area contributed by atoms with E-state index in [-0.39, 0.29) is 31.9 Å². The zero-order chi connectivity index (χ0) is 9.36. The third kappa shape index (κ3) is 2.55. The molecule has 5 heteroatoms. The zero-order valence-electron chi connectivity index (χ0n) is 8.02. The highest BCUT2D eigenvalue weighted by molar-refractivity contribution is 5.85. The van der Waals surface area contributed by atoms with Gasteiger partial charge in [-0.25, -0.2) is 8.78 Å². The summed E-state index contributed by atoms with van der Waals surface area (Å²) in [4.78, 5) is 0. The molecule has 0 aromatic rings. The fourth-order valence-electron chi connectivity index (χ4n) is 2.24. The summed E-state index contributed by atoms with van der Waals surface area (Å²) < 4.78 is 31.8. The summed E-state index contributed by atoms with van der Waals surface area (Å²) in [6.45, 7) is 1.72. The summed E-state index contributed by atoms with van der Waals surface area (Å²) in [5.74, 6) is -2.52. The van der Waals surface area contributed by atoms with Crippen molar-refractivity contribution in [3.63, 3.8) is 0 Å². The van der Waals surface area contributed by atoms with Gasteiger partial charge in [-0.15, -0.1) is 12.4 Å². The Morgan fingerprint density at radius 2 is 2.00 bits per heavy atom. The van der Waals surface area contributed by atoms with Crippen LogP contribution in [0.2, 0.25) is 0 Å². The first-order valence-corrected chi connectivity index (χ1v) is 4.85. The Morgan fingerprint density at radius 3 is 2.57 bits per heavy atom. The average molecular weight is 228 g/mol. The number of hydrogen-bond acceptors (Lipinski definition) is 2.